The van der Waals surface area contributed by atoms with Crippen molar-refractivity contribution in [1.29, 1.82) is 0 Å². The summed E-state index contributed by atoms with van der Waals surface area (Å²) < 4.78 is 0. The van der Waals surface area contributed by atoms with E-state index in [0.717, 1.165) is 88.8 Å². The fraction of sp³-hybridized carbons (Fsp3) is 1.00. The molecule has 0 aromatic rings. The smallest absolute Gasteiger partial charge is 0.0357 e. The molecular weight excluding hydrogens is 1190 g/mol. The zero-order valence-electron chi connectivity index (χ0n) is 82.5. The molecule has 0 aromatic carbocycles. The Morgan fingerprint density at radius 1 is 0.242 bits per heavy atom. The van der Waals surface area contributed by atoms with Gasteiger partial charge < -0.3 is 0 Å². The lowest BCUT2D eigenvalue weighted by Crippen LogP contribution is -2.15. The first kappa shape index (κ1) is 132. The topological polar surface area (TPSA) is 0 Å². The molecule has 0 saturated heterocycles. The largest absolute Gasteiger partial charge is 0.0654 e. The van der Waals surface area contributed by atoms with Crippen LogP contribution in [-0.4, -0.2) is 0 Å². The Labute approximate surface area is 646 Å². The van der Waals surface area contributed by atoms with Crippen molar-refractivity contribution in [2.75, 3.05) is 0 Å². The maximum absolute atomic E-state index is 2.31. The summed E-state index contributed by atoms with van der Waals surface area (Å²) in [5, 5.41) is 0. The van der Waals surface area contributed by atoms with Gasteiger partial charge in [0.15, 0.2) is 0 Å². The van der Waals surface area contributed by atoms with Gasteiger partial charge in [-0.2, -0.15) is 0 Å². The summed E-state index contributed by atoms with van der Waals surface area (Å²) in [6.07, 6.45) is 35.0. The number of hydrogen-bond donors (Lipinski definition) is 0. The van der Waals surface area contributed by atoms with Crippen LogP contribution in [0, 0.1) is 116 Å². The molecule has 0 aliphatic rings. The Balaban J connectivity index is -0.0000000655. The van der Waals surface area contributed by atoms with Crippen LogP contribution in [0.25, 0.3) is 0 Å². The van der Waals surface area contributed by atoms with Gasteiger partial charge in [-0.15, -0.1) is 0 Å². The number of rotatable bonds is 28. The summed E-state index contributed by atoms with van der Waals surface area (Å²) in [5.74, 6) is 13.4. The fourth-order valence-corrected chi connectivity index (χ4v) is 8.29. The highest BCUT2D eigenvalue weighted by Crippen LogP contribution is 2.28. The van der Waals surface area contributed by atoms with E-state index in [1.165, 1.54) is 167 Å². The third kappa shape index (κ3) is 161. The highest BCUT2D eigenvalue weighted by Gasteiger charge is 2.17. The van der Waals surface area contributed by atoms with Crippen LogP contribution >= 0.6 is 0 Å². The Morgan fingerprint density at radius 2 is 0.485 bits per heavy atom. The van der Waals surface area contributed by atoms with Crippen LogP contribution in [0.3, 0.4) is 0 Å². The molecule has 7 unspecified atom stereocenters. The van der Waals surface area contributed by atoms with Gasteiger partial charge in [-0.25, -0.2) is 0 Å². The fourth-order valence-electron chi connectivity index (χ4n) is 8.29. The summed E-state index contributed by atoms with van der Waals surface area (Å²) in [6.45, 7) is 120. The lowest BCUT2D eigenvalue weighted by molar-refractivity contribution is 0.254. The highest BCUT2D eigenvalue weighted by molar-refractivity contribution is 4.68. The Kier molecular flexibility index (Phi) is 120. The second-order valence-electron chi connectivity index (χ2n) is 39.1. The molecule has 7 atom stereocenters. The quantitative estimate of drug-likeness (QED) is 0.0732. The highest BCUT2D eigenvalue weighted by atomic mass is 14.2. The molecule has 0 saturated carbocycles. The summed E-state index contributed by atoms with van der Waals surface area (Å²) >= 11 is 0. The molecule has 0 N–H and O–H groups in total. The van der Waals surface area contributed by atoms with E-state index in [9.17, 15) is 0 Å². The van der Waals surface area contributed by atoms with Crippen molar-refractivity contribution in [1.82, 2.24) is 0 Å². The lowest BCUT2D eigenvalue weighted by Gasteiger charge is -2.25. The molecule has 99 heavy (non-hydrogen) atoms. The monoisotopic (exact) mass is 1420 g/mol. The van der Waals surface area contributed by atoms with Crippen LogP contribution in [0.1, 0.15) is 534 Å². The van der Waals surface area contributed by atoms with E-state index >= 15 is 0 Å². The van der Waals surface area contributed by atoms with E-state index in [-0.39, 0.29) is 0 Å². The predicted molar refractivity (Wildman–Crippen MR) is 485 cm³/mol. The van der Waals surface area contributed by atoms with Gasteiger partial charge >= 0.3 is 0 Å². The number of hydrogen-bond acceptors (Lipinski definition) is 0. The van der Waals surface area contributed by atoms with Crippen LogP contribution in [0.5, 0.6) is 0 Å². The van der Waals surface area contributed by atoms with E-state index in [0.29, 0.717) is 27.1 Å². The van der Waals surface area contributed by atoms with E-state index in [2.05, 4.69) is 367 Å². The SMILES string of the molecule is CC(C)C(C)(C)C.CC(C)CC(C)C.CCC(C)(C)CC.CCC(C)C(C)(C)C.CCC(C)C(C)C.CCC(C)C(C)C.CCC(C)C(C)C.CCC(CC)CC.CCCC(C)(C)C.CCCC(C)(C)C.CCCC(C)CC.CCCC(C)CC.CCCC(C)CC.CCCCC(C)C. The minimum Gasteiger partial charge on any atom is -0.0654 e. The number of unbranched alkanes of at least 4 members (excludes halogenated alkanes) is 1. The molecule has 0 heterocycles. The first-order chi connectivity index (χ1) is 44.9. The van der Waals surface area contributed by atoms with Gasteiger partial charge in [0.2, 0.25) is 0 Å². The van der Waals surface area contributed by atoms with Gasteiger partial charge in [-0.1, -0.05) is 515 Å². The van der Waals surface area contributed by atoms with E-state index in [4.69, 9.17) is 0 Å². The maximum Gasteiger partial charge on any atom is -0.0357 e. The van der Waals surface area contributed by atoms with Gasteiger partial charge in [0.05, 0.1) is 0 Å². The molecule has 0 heteroatoms. The van der Waals surface area contributed by atoms with Gasteiger partial charge in [-0.3, -0.25) is 0 Å². The minimum absolute atomic E-state index is 0.500. The Morgan fingerprint density at radius 3 is 0.505 bits per heavy atom. The Hall–Kier alpha value is 0. The summed E-state index contributed by atoms with van der Waals surface area (Å²) in [5.41, 5.74) is 2.69. The van der Waals surface area contributed by atoms with Crippen LogP contribution in [0.4, 0.5) is 0 Å². The molecule has 0 aliphatic carbocycles. The zero-order valence-corrected chi connectivity index (χ0v) is 82.5. The van der Waals surface area contributed by atoms with Gasteiger partial charge in [0, 0.05) is 0 Å². The van der Waals surface area contributed by atoms with Gasteiger partial charge in [-0.05, 0) is 135 Å². The minimum atomic E-state index is 0.500. The second-order valence-corrected chi connectivity index (χ2v) is 39.1. The molecule has 0 fully saturated rings. The summed E-state index contributed by atoms with van der Waals surface area (Å²) in [7, 11) is 0. The molecule has 0 rings (SSSR count). The first-order valence-corrected chi connectivity index (χ1v) is 44.9. The van der Waals surface area contributed by atoms with E-state index < -0.39 is 0 Å². The molecule has 622 valence electrons. The summed E-state index contributed by atoms with van der Waals surface area (Å²) in [6, 6.07) is 0. The van der Waals surface area contributed by atoms with Crippen molar-refractivity contribution in [3.63, 3.8) is 0 Å². The molecule has 0 aliphatic heterocycles. The van der Waals surface area contributed by atoms with Crippen molar-refractivity contribution in [3.8, 4) is 0 Å². The lowest BCUT2D eigenvalue weighted by atomic mass is 9.81. The molecule has 0 spiro atoms. The molecule has 0 radical (unpaired) electrons. The van der Waals surface area contributed by atoms with Crippen LogP contribution in [0.15, 0.2) is 0 Å². The zero-order chi connectivity index (χ0) is 82.5. The van der Waals surface area contributed by atoms with Crippen LogP contribution in [-0.2, 0) is 0 Å². The standard InChI is InChI=1S/C8H18.13C7H16/c1-6-7(2)8(3,4)5;1-6(2)7(3,4)5;1-6(2)5-7(3)4;2*1-5-6-7(2,3)4;1-5-7(3,4)6-2;3*1-5-7(4)6(2)3;1-4-5-6-7(2)3;3*1-4-6-7(3)5-2;1-4-7(5-2)6-3/h7H,6H2,1-5H3;6H,1-5H3;6-7H,5H2,1-4H3;3*5-6H2,1-4H3;3*6-7H,5H2,1-4H3;5*7H,4-6H2,1-3H3. The van der Waals surface area contributed by atoms with Crippen molar-refractivity contribution >= 4 is 0 Å². The average molecular weight is 1420 g/mol. The molecule has 0 amide bonds. The molecule has 0 aromatic heterocycles. The second kappa shape index (κ2) is 90.4. The van der Waals surface area contributed by atoms with Crippen molar-refractivity contribution < 1.29 is 0 Å². The third-order valence-corrected chi connectivity index (χ3v) is 21.3. The van der Waals surface area contributed by atoms with Crippen LogP contribution < -0.4 is 0 Å². The van der Waals surface area contributed by atoms with Crippen molar-refractivity contribution in [3.05, 3.63) is 0 Å². The van der Waals surface area contributed by atoms with E-state index in [1.807, 2.05) is 0 Å². The summed E-state index contributed by atoms with van der Waals surface area (Å²) in [4.78, 5) is 0. The normalized spacial score (nSPS) is 13.2. The van der Waals surface area contributed by atoms with Crippen molar-refractivity contribution in [2.45, 2.75) is 534 Å². The van der Waals surface area contributed by atoms with Gasteiger partial charge in [0.1, 0.15) is 0 Å². The van der Waals surface area contributed by atoms with Gasteiger partial charge in [0.25, 0.3) is 0 Å². The maximum atomic E-state index is 2.31. The van der Waals surface area contributed by atoms with Crippen molar-refractivity contribution in [2.24, 2.45) is 116 Å². The van der Waals surface area contributed by atoms with Crippen LogP contribution in [0.2, 0.25) is 0 Å². The average Bonchev–Trinajstić information content (AvgIpc) is 1.03. The first-order valence-electron chi connectivity index (χ1n) is 44.9. The predicted octanol–water partition coefficient (Wildman–Crippen LogP) is 39.2. The molecule has 0 nitrogen and oxygen atoms in total. The molecular formula is C99H226. The van der Waals surface area contributed by atoms with E-state index in [1.54, 1.807) is 0 Å². The molecule has 0 bridgehead atoms. The third-order valence-electron chi connectivity index (χ3n) is 21.3. The Bertz CT molecular complexity index is 1180.